The molecule has 4 rings (SSSR count). The lowest BCUT2D eigenvalue weighted by Gasteiger charge is -2.49. The minimum absolute atomic E-state index is 0.217. The van der Waals surface area contributed by atoms with Crippen molar-refractivity contribution in [2.45, 2.75) is 42.1 Å². The summed E-state index contributed by atoms with van der Waals surface area (Å²) in [4.78, 5) is 52.5. The number of amides is 3. The molecule has 28 heavy (non-hydrogen) atoms. The number of piperazine rings is 1. The third kappa shape index (κ3) is 2.81. The summed E-state index contributed by atoms with van der Waals surface area (Å²) < 4.78 is 0.157. The quantitative estimate of drug-likeness (QED) is 0.641. The van der Waals surface area contributed by atoms with E-state index in [1.54, 1.807) is 38.1 Å². The molecule has 0 spiro atoms. The Kier molecular flexibility index (Phi) is 4.46. The molecule has 3 aliphatic heterocycles. The van der Waals surface area contributed by atoms with Crippen LogP contribution in [-0.2, 0) is 19.2 Å². The maximum Gasteiger partial charge on any atom is 0.327 e. The summed E-state index contributed by atoms with van der Waals surface area (Å²) in [6, 6.07) is 4.37. The van der Waals surface area contributed by atoms with E-state index >= 15 is 0 Å². The van der Waals surface area contributed by atoms with Crippen molar-refractivity contribution in [1.82, 2.24) is 15.1 Å². The minimum atomic E-state index is -1.07. The van der Waals surface area contributed by atoms with Crippen LogP contribution in [0.15, 0.2) is 28.7 Å². The van der Waals surface area contributed by atoms with Crippen molar-refractivity contribution in [1.29, 1.82) is 0 Å². The third-order valence-electron chi connectivity index (χ3n) is 5.34. The van der Waals surface area contributed by atoms with Crippen LogP contribution < -0.4 is 5.32 Å². The Balaban J connectivity index is 1.62. The summed E-state index contributed by atoms with van der Waals surface area (Å²) >= 11 is 4.69. The van der Waals surface area contributed by atoms with Gasteiger partial charge in [-0.05, 0) is 31.5 Å². The molecule has 3 saturated heterocycles. The number of fused-ring (bicyclic) bond motifs is 1. The zero-order chi connectivity index (χ0) is 20.4. The maximum absolute atomic E-state index is 13.1. The summed E-state index contributed by atoms with van der Waals surface area (Å²) in [7, 11) is 0. The highest BCUT2D eigenvalue weighted by Gasteiger charge is 2.66. The van der Waals surface area contributed by atoms with Crippen molar-refractivity contribution in [2.75, 3.05) is 6.54 Å². The first-order valence-electron chi connectivity index (χ1n) is 8.70. The van der Waals surface area contributed by atoms with Crippen LogP contribution in [0.3, 0.4) is 0 Å². The second kappa shape index (κ2) is 6.48. The third-order valence-corrected chi connectivity index (χ3v) is 7.42. The number of carbonyl (C=O) groups is 4. The van der Waals surface area contributed by atoms with Gasteiger partial charge in [-0.15, -0.1) is 11.8 Å². The van der Waals surface area contributed by atoms with Crippen LogP contribution in [-0.4, -0.2) is 67.3 Å². The fraction of sp³-hybridized carbons (Fsp3) is 0.444. The van der Waals surface area contributed by atoms with Crippen molar-refractivity contribution in [3.8, 4) is 0 Å². The highest BCUT2D eigenvalue weighted by atomic mass is 79.9. The van der Waals surface area contributed by atoms with E-state index in [-0.39, 0.29) is 18.4 Å². The molecule has 3 amide bonds. The van der Waals surface area contributed by atoms with Crippen molar-refractivity contribution in [3.63, 3.8) is 0 Å². The van der Waals surface area contributed by atoms with Gasteiger partial charge in [0, 0.05) is 9.22 Å². The smallest absolute Gasteiger partial charge is 0.327 e. The summed E-state index contributed by atoms with van der Waals surface area (Å²) in [6.45, 7) is 3.33. The summed E-state index contributed by atoms with van der Waals surface area (Å²) in [5.41, 5.74) is 0.623. The molecule has 0 bridgehead atoms. The number of carboxylic acids is 1. The van der Waals surface area contributed by atoms with Crippen LogP contribution in [0, 0.1) is 0 Å². The minimum Gasteiger partial charge on any atom is -0.480 e. The van der Waals surface area contributed by atoms with Gasteiger partial charge in [0.2, 0.25) is 11.8 Å². The Morgan fingerprint density at radius 2 is 1.86 bits per heavy atom. The number of carbonyl (C=O) groups excluding carboxylic acids is 3. The number of nitrogens with zero attached hydrogens (tertiary/aromatic N) is 2. The van der Waals surface area contributed by atoms with E-state index in [0.717, 1.165) is 4.47 Å². The van der Waals surface area contributed by atoms with E-state index in [1.807, 2.05) is 0 Å². The molecule has 10 heteroatoms. The van der Waals surface area contributed by atoms with Crippen molar-refractivity contribution < 1.29 is 24.3 Å². The standard InChI is InChI=1S/C18H18BrN3O5S/c1-18(2)13(17(26)27)22-15(25)12(16(22)28-18)21-7-10(23)20-11(14(21)24)8-3-5-9(19)6-4-8/h3-6,11-13,16H,7H2,1-2H3,(H,20,23)(H,26,27)/t11?,12-,13+,16-/m1/s1. The van der Waals surface area contributed by atoms with E-state index < -0.39 is 40.1 Å². The summed E-state index contributed by atoms with van der Waals surface area (Å²) in [5.74, 6) is -2.21. The first-order chi connectivity index (χ1) is 13.1. The number of hydrogen-bond acceptors (Lipinski definition) is 5. The van der Waals surface area contributed by atoms with Crippen molar-refractivity contribution >= 4 is 51.4 Å². The zero-order valence-corrected chi connectivity index (χ0v) is 17.5. The molecular weight excluding hydrogens is 450 g/mol. The van der Waals surface area contributed by atoms with Gasteiger partial charge in [-0.25, -0.2) is 4.79 Å². The Bertz CT molecular complexity index is 890. The van der Waals surface area contributed by atoms with Gasteiger partial charge in [0.1, 0.15) is 30.0 Å². The molecule has 2 N–H and O–H groups in total. The number of aliphatic carboxylic acids is 1. The molecule has 8 nitrogen and oxygen atoms in total. The van der Waals surface area contributed by atoms with Gasteiger partial charge in [-0.2, -0.15) is 0 Å². The molecule has 0 radical (unpaired) electrons. The first kappa shape index (κ1) is 19.3. The molecule has 1 aromatic carbocycles. The Hall–Kier alpha value is -2.07. The highest BCUT2D eigenvalue weighted by molar-refractivity contribution is 9.10. The number of thioether (sulfide) groups is 1. The van der Waals surface area contributed by atoms with Gasteiger partial charge in [-0.1, -0.05) is 28.1 Å². The van der Waals surface area contributed by atoms with Gasteiger partial charge in [-0.3, -0.25) is 14.4 Å². The second-order valence-corrected chi connectivity index (χ2v) is 10.2. The number of halogens is 1. The number of benzene rings is 1. The average Bonchev–Trinajstić information content (AvgIpc) is 2.86. The fourth-order valence-corrected chi connectivity index (χ4v) is 6.02. The number of carboxylic acid groups (broad SMARTS) is 1. The lowest BCUT2D eigenvalue weighted by molar-refractivity contribution is -0.171. The lowest BCUT2D eigenvalue weighted by Crippen LogP contribution is -2.73. The molecule has 3 fully saturated rings. The first-order valence-corrected chi connectivity index (χ1v) is 10.4. The van der Waals surface area contributed by atoms with Crippen LogP contribution in [0.2, 0.25) is 0 Å². The van der Waals surface area contributed by atoms with Crippen molar-refractivity contribution in [3.05, 3.63) is 34.3 Å². The zero-order valence-electron chi connectivity index (χ0n) is 15.1. The summed E-state index contributed by atoms with van der Waals surface area (Å²) in [5, 5.41) is 11.7. The van der Waals surface area contributed by atoms with Gasteiger partial charge in [0.15, 0.2) is 0 Å². The molecule has 0 aromatic heterocycles. The van der Waals surface area contributed by atoms with Crippen LogP contribution in [0.4, 0.5) is 0 Å². The molecule has 0 aliphatic carbocycles. The molecule has 4 atom stereocenters. The molecule has 3 aliphatic rings. The van der Waals surface area contributed by atoms with Crippen LogP contribution in [0.25, 0.3) is 0 Å². The van der Waals surface area contributed by atoms with Crippen LogP contribution >= 0.6 is 27.7 Å². The van der Waals surface area contributed by atoms with E-state index in [1.165, 1.54) is 21.6 Å². The number of hydrogen-bond donors (Lipinski definition) is 2. The molecule has 0 saturated carbocycles. The maximum atomic E-state index is 13.1. The molecule has 1 aromatic rings. The summed E-state index contributed by atoms with van der Waals surface area (Å²) in [6.07, 6.45) is 0. The molecule has 1 unspecified atom stereocenters. The monoisotopic (exact) mass is 467 g/mol. The van der Waals surface area contributed by atoms with E-state index in [9.17, 15) is 24.3 Å². The number of nitrogens with one attached hydrogen (secondary N) is 1. The Morgan fingerprint density at radius 1 is 1.21 bits per heavy atom. The lowest BCUT2D eigenvalue weighted by atomic mass is 9.93. The van der Waals surface area contributed by atoms with E-state index in [2.05, 4.69) is 21.2 Å². The Labute approximate surface area is 173 Å². The van der Waals surface area contributed by atoms with Gasteiger partial charge in [0.25, 0.3) is 5.91 Å². The Morgan fingerprint density at radius 3 is 2.46 bits per heavy atom. The highest BCUT2D eigenvalue weighted by Crippen LogP contribution is 2.52. The SMILES string of the molecule is CC1(C)S[C@@H]2[C@H](N3CC(=O)NC(c4ccc(Br)cc4)C3=O)C(=O)N2[C@H]1C(=O)O. The number of rotatable bonds is 3. The topological polar surface area (TPSA) is 107 Å². The van der Waals surface area contributed by atoms with Gasteiger partial charge < -0.3 is 20.2 Å². The fourth-order valence-electron chi connectivity index (χ4n) is 4.06. The molecular formula is C18H18BrN3O5S. The predicted octanol–water partition coefficient (Wildman–Crippen LogP) is 0.964. The van der Waals surface area contributed by atoms with E-state index in [4.69, 9.17) is 0 Å². The predicted molar refractivity (Wildman–Crippen MR) is 104 cm³/mol. The second-order valence-electron chi connectivity index (χ2n) is 7.56. The van der Waals surface area contributed by atoms with Crippen LogP contribution in [0.5, 0.6) is 0 Å². The van der Waals surface area contributed by atoms with Gasteiger partial charge >= 0.3 is 5.97 Å². The van der Waals surface area contributed by atoms with Crippen molar-refractivity contribution in [2.24, 2.45) is 0 Å². The normalized spacial score (nSPS) is 31.3. The number of β-lactam (4-membered cyclic amide) rings is 1. The van der Waals surface area contributed by atoms with Gasteiger partial charge in [0.05, 0.1) is 0 Å². The molecule has 148 valence electrons. The van der Waals surface area contributed by atoms with Crippen LogP contribution in [0.1, 0.15) is 25.5 Å². The molecule has 3 heterocycles. The largest absolute Gasteiger partial charge is 0.480 e. The average molecular weight is 468 g/mol. The van der Waals surface area contributed by atoms with E-state index in [0.29, 0.717) is 5.56 Å².